The van der Waals surface area contributed by atoms with Crippen LogP contribution in [-0.4, -0.2) is 147 Å². The topological polar surface area (TPSA) is 233 Å². The molecule has 14 rings (SSSR count). The van der Waals surface area contributed by atoms with Gasteiger partial charge in [0.05, 0.1) is 43.2 Å². The van der Waals surface area contributed by atoms with E-state index in [9.17, 15) is 23.2 Å². The van der Waals surface area contributed by atoms with Crippen LogP contribution in [0.3, 0.4) is 0 Å². The normalized spacial score (nSPS) is 15.2. The van der Waals surface area contributed by atoms with Crippen LogP contribution in [0.25, 0.3) is 33.4 Å². The van der Waals surface area contributed by atoms with E-state index in [-0.39, 0.29) is 23.3 Å². The first-order chi connectivity index (χ1) is 46.1. The van der Waals surface area contributed by atoms with Gasteiger partial charge >= 0.3 is 0 Å². The fourth-order valence-corrected chi connectivity index (χ4v) is 13.6. The predicted molar refractivity (Wildman–Crippen MR) is 377 cm³/mol. The van der Waals surface area contributed by atoms with Gasteiger partial charge in [-0.3, -0.25) is 43.6 Å². The molecule has 0 saturated heterocycles. The number of hydrogen-bond donors (Lipinski definition) is 4. The highest BCUT2D eigenvalue weighted by Crippen LogP contribution is 2.45. The second kappa shape index (κ2) is 31.1. The van der Waals surface area contributed by atoms with Gasteiger partial charge in [0.15, 0.2) is 11.6 Å². The summed E-state index contributed by atoms with van der Waals surface area (Å²) in [6.07, 6.45) is 15.4. The molecule has 22 nitrogen and oxygen atoms in total. The fraction of sp³-hybridized carbons (Fsp3) is 0.451. The Balaban J connectivity index is 0.000000161. The molecular formula is C71H94ClF2N19O3. The molecule has 5 N–H and O–H groups in total. The molecule has 3 aromatic carbocycles. The summed E-state index contributed by atoms with van der Waals surface area (Å²) in [5.41, 5.74) is 25.3. The van der Waals surface area contributed by atoms with E-state index in [0.717, 1.165) is 126 Å². The second-order valence-electron chi connectivity index (χ2n) is 24.5. The number of nitrogens with one attached hydrogen (secondary N) is 3. The summed E-state index contributed by atoms with van der Waals surface area (Å²) in [7, 11) is 11.4. The number of aromatic nitrogens is 10. The molecule has 0 radical (unpaired) electrons. The summed E-state index contributed by atoms with van der Waals surface area (Å²) in [5, 5.41) is 37.4. The number of benzene rings is 3. The third-order valence-electron chi connectivity index (χ3n) is 18.2. The van der Waals surface area contributed by atoms with Crippen molar-refractivity contribution in [1.29, 1.82) is 5.41 Å². The number of rotatable bonds is 7. The van der Waals surface area contributed by atoms with Crippen molar-refractivity contribution in [2.24, 2.45) is 33.9 Å². The SMILES string of the molecule is CC.CC.CC(=O)N1CCC(N)=C(C(=N)N2CCCc3cc(-c4cnn(C)c4)c(Cl)cc32)C1.CC(=O)N1CCc2[nH]nc(N3CCc4cc(-c5cnn(C)c5)c(C(F)F)cc43)c2C1.CC(=O)N1CCc2c(c(N3CCCc4cc(-c5cnn(C)c5)c(C)cc43)nn2C)C1.CNC. The van der Waals surface area contributed by atoms with Gasteiger partial charge in [0.2, 0.25) is 17.7 Å². The van der Waals surface area contributed by atoms with Crippen molar-refractivity contribution in [3.8, 4) is 33.4 Å². The molecule has 0 saturated carbocycles. The average molecular weight is 1340 g/mol. The van der Waals surface area contributed by atoms with Crippen LogP contribution in [0.2, 0.25) is 5.02 Å². The number of carbonyl (C=O) groups excluding carboxylic acids is 3. The Labute approximate surface area is 567 Å². The molecular weight excluding hydrogens is 1240 g/mol. The van der Waals surface area contributed by atoms with Gasteiger partial charge in [-0.05, 0) is 123 Å². The third-order valence-corrected chi connectivity index (χ3v) is 18.5. The third kappa shape index (κ3) is 15.1. The number of amidine groups is 1. The molecule has 0 fully saturated rings. The zero-order chi connectivity index (χ0) is 69.4. The summed E-state index contributed by atoms with van der Waals surface area (Å²) in [6, 6.07) is 12.1. The maximum Gasteiger partial charge on any atom is 0.264 e. The Hall–Kier alpha value is -9.16. The Morgan fingerprint density at radius 2 is 1.10 bits per heavy atom. The molecule has 0 unspecified atom stereocenters. The summed E-state index contributed by atoms with van der Waals surface area (Å²) >= 11 is 6.63. The molecule has 5 aromatic heterocycles. The van der Waals surface area contributed by atoms with E-state index in [1.165, 1.54) is 33.6 Å². The number of alkyl halides is 2. The summed E-state index contributed by atoms with van der Waals surface area (Å²) in [5.74, 6) is 2.25. The van der Waals surface area contributed by atoms with E-state index in [2.05, 4.69) is 67.0 Å². The Morgan fingerprint density at radius 3 is 1.70 bits per heavy atom. The van der Waals surface area contributed by atoms with Gasteiger partial charge in [0.25, 0.3) is 6.43 Å². The minimum absolute atomic E-state index is 0.00556. The number of nitrogens with two attached hydrogens (primary N) is 1. The lowest BCUT2D eigenvalue weighted by atomic mass is 9.93. The van der Waals surface area contributed by atoms with Gasteiger partial charge in [-0.2, -0.15) is 25.5 Å². The number of aromatic amines is 1. The monoisotopic (exact) mass is 1330 g/mol. The van der Waals surface area contributed by atoms with Crippen LogP contribution in [0, 0.1) is 12.3 Å². The number of hydrogen-bond acceptors (Lipinski definition) is 13. The molecule has 6 aliphatic rings. The Morgan fingerprint density at radius 1 is 0.604 bits per heavy atom. The highest BCUT2D eigenvalue weighted by molar-refractivity contribution is 6.34. The van der Waals surface area contributed by atoms with Crippen LogP contribution in [0.4, 0.5) is 37.5 Å². The maximum absolute atomic E-state index is 14.0. The zero-order valence-electron chi connectivity index (χ0n) is 58.2. The van der Waals surface area contributed by atoms with Crippen molar-refractivity contribution in [2.75, 3.05) is 74.6 Å². The number of halogens is 3. The van der Waals surface area contributed by atoms with Crippen LogP contribution < -0.4 is 25.8 Å². The van der Waals surface area contributed by atoms with Crippen molar-refractivity contribution in [3.05, 3.63) is 140 Å². The largest absolute Gasteiger partial charge is 0.402 e. The van der Waals surface area contributed by atoms with Crippen LogP contribution in [0.15, 0.2) is 84.8 Å². The number of H-pyrrole nitrogens is 1. The highest BCUT2D eigenvalue weighted by Gasteiger charge is 2.35. The first-order valence-electron chi connectivity index (χ1n) is 33.3. The van der Waals surface area contributed by atoms with Crippen molar-refractivity contribution in [3.63, 3.8) is 0 Å². The van der Waals surface area contributed by atoms with Crippen molar-refractivity contribution in [1.82, 2.24) is 69.3 Å². The lowest BCUT2D eigenvalue weighted by Crippen LogP contribution is -2.44. The molecule has 3 amide bonds. The molecule has 0 bridgehead atoms. The first-order valence-corrected chi connectivity index (χ1v) is 33.7. The number of amides is 3. The molecule has 25 heteroatoms. The van der Waals surface area contributed by atoms with E-state index in [4.69, 9.17) is 27.8 Å². The molecule has 8 aromatic rings. The minimum Gasteiger partial charge on any atom is -0.402 e. The van der Waals surface area contributed by atoms with Crippen LogP contribution in [0.5, 0.6) is 0 Å². The first kappa shape index (κ1) is 71.1. The van der Waals surface area contributed by atoms with E-state index < -0.39 is 6.43 Å². The standard InChI is InChI=1S/C23H28N6O.C21H25ClN6O.C21H22F2N6O.C2H7N.2C2H6/c1-15-10-22-17(11-19(15)18-12-24-26(3)13-18)6-5-8-29(22)23-20-14-28(16(2)30)9-7-21(20)27(4)25-23;1-13(29)27-7-5-19(23)17(12-27)21(24)28-6-3-4-14-8-16(18(22)9-20(14)28)15-10-25-26(2)11-15;1-12(30)28-5-4-18-17(11-28)21(26-25-18)29-6-3-13-7-15(14-9-24-27(2)10-14)16(20(22)23)8-19(13)29;1-3-2;2*1-2/h10-13H,5-9,14H2,1-4H3;8-11,24H,3-7,12,23H2,1-2H3;7-10,20H,3-6,11H2,1-2H3,(H,25,26);3H,1-2H3;2*1-2H3. The van der Waals surface area contributed by atoms with E-state index in [1.807, 2.05) is 112 Å². The Kier molecular flexibility index (Phi) is 23.1. The fourth-order valence-electron chi connectivity index (χ4n) is 13.4. The van der Waals surface area contributed by atoms with Crippen LogP contribution in [-0.2, 0) is 87.8 Å². The van der Waals surface area contributed by atoms with Gasteiger partial charge < -0.3 is 40.4 Å². The van der Waals surface area contributed by atoms with Gasteiger partial charge in [0, 0.05) is 205 Å². The molecule has 512 valence electrons. The summed E-state index contributed by atoms with van der Waals surface area (Å²) < 4.78 is 35.1. The van der Waals surface area contributed by atoms with Crippen molar-refractivity contribution in [2.45, 2.75) is 126 Å². The predicted octanol–water partition coefficient (Wildman–Crippen LogP) is 11.3. The quantitative estimate of drug-likeness (QED) is 0.0860. The molecule has 0 spiro atoms. The number of carbonyl (C=O) groups is 3. The number of fused-ring (bicyclic) bond motifs is 5. The molecule has 0 atom stereocenters. The molecule has 96 heavy (non-hydrogen) atoms. The minimum atomic E-state index is -2.60. The van der Waals surface area contributed by atoms with Gasteiger partial charge in [-0.25, -0.2) is 8.78 Å². The van der Waals surface area contributed by atoms with Gasteiger partial charge in [0.1, 0.15) is 5.84 Å². The Bertz CT molecular complexity index is 4150. The molecule has 6 aliphatic heterocycles. The number of nitrogens with zero attached hydrogens (tertiary/aromatic N) is 15. The van der Waals surface area contributed by atoms with Crippen LogP contribution in [0.1, 0.15) is 124 Å². The van der Waals surface area contributed by atoms with Crippen molar-refractivity contribution < 1.29 is 23.2 Å². The number of aryl methyl sites for hydroxylation is 7. The van der Waals surface area contributed by atoms with Crippen molar-refractivity contribution >= 4 is 63.9 Å². The van der Waals surface area contributed by atoms with E-state index in [0.29, 0.717) is 79.8 Å². The summed E-state index contributed by atoms with van der Waals surface area (Å²) in [4.78, 5) is 47.4. The zero-order valence-corrected chi connectivity index (χ0v) is 58.9. The number of anilines is 5. The van der Waals surface area contributed by atoms with E-state index in [1.54, 1.807) is 71.6 Å². The summed E-state index contributed by atoms with van der Waals surface area (Å²) in [6.45, 7) is 20.8. The average Bonchev–Trinajstić information content (AvgIpc) is 1.37. The van der Waals surface area contributed by atoms with E-state index >= 15 is 0 Å². The van der Waals surface area contributed by atoms with Gasteiger partial charge in [-0.15, -0.1) is 0 Å². The maximum atomic E-state index is 14.0. The van der Waals surface area contributed by atoms with Gasteiger partial charge in [-0.1, -0.05) is 39.3 Å². The highest BCUT2D eigenvalue weighted by atomic mass is 35.5. The lowest BCUT2D eigenvalue weighted by Gasteiger charge is -2.36. The van der Waals surface area contributed by atoms with Crippen LogP contribution >= 0.6 is 11.6 Å². The molecule has 0 aliphatic carbocycles. The second-order valence-corrected chi connectivity index (χ2v) is 25.0. The smallest absolute Gasteiger partial charge is 0.264 e. The lowest BCUT2D eigenvalue weighted by molar-refractivity contribution is -0.130. The molecule has 11 heterocycles.